The van der Waals surface area contributed by atoms with E-state index in [0.717, 1.165) is 41.5 Å². The molecule has 2 aromatic heterocycles. The zero-order chi connectivity index (χ0) is 27.3. The van der Waals surface area contributed by atoms with Crippen molar-refractivity contribution in [1.82, 2.24) is 9.55 Å². The van der Waals surface area contributed by atoms with E-state index in [2.05, 4.69) is 4.98 Å². The third-order valence-corrected chi connectivity index (χ3v) is 9.62. The van der Waals surface area contributed by atoms with Gasteiger partial charge in [0.15, 0.2) is 11.4 Å². The molecule has 2 fully saturated rings. The van der Waals surface area contributed by atoms with E-state index in [0.29, 0.717) is 21.9 Å². The number of aliphatic hydroxyl groups excluding tert-OH is 7. The topological polar surface area (TPSA) is 204 Å². The van der Waals surface area contributed by atoms with Gasteiger partial charge in [0, 0.05) is 11.4 Å². The van der Waals surface area contributed by atoms with Gasteiger partial charge in [-0.05, 0) is 31.7 Å². The van der Waals surface area contributed by atoms with Crippen LogP contribution >= 0.6 is 23.1 Å². The first kappa shape index (κ1) is 28.3. The average Bonchev–Trinajstić information content (AvgIpc) is 3.49. The molecule has 3 aliphatic rings. The Morgan fingerprint density at radius 3 is 2.42 bits per heavy atom. The summed E-state index contributed by atoms with van der Waals surface area (Å²) in [6, 6.07) is 0. The number of thiophene rings is 1. The smallest absolute Gasteiger partial charge is 0.263 e. The summed E-state index contributed by atoms with van der Waals surface area (Å²) in [7, 11) is 0. The second-order valence-corrected chi connectivity index (χ2v) is 11.8. The highest BCUT2D eigenvalue weighted by molar-refractivity contribution is 7.99. The van der Waals surface area contributed by atoms with Crippen LogP contribution in [0.15, 0.2) is 9.95 Å². The predicted molar refractivity (Wildman–Crippen MR) is 134 cm³/mol. The zero-order valence-electron chi connectivity index (χ0n) is 20.5. The van der Waals surface area contributed by atoms with Gasteiger partial charge in [-0.1, -0.05) is 11.8 Å². The number of rotatable bonds is 7. The number of hydrogen-bond acceptors (Lipinski definition) is 14. The number of aliphatic hydroxyl groups is 7. The molecule has 0 unspecified atom stereocenters. The van der Waals surface area contributed by atoms with Crippen molar-refractivity contribution < 1.29 is 50.0 Å². The Balaban J connectivity index is 1.37. The second kappa shape index (κ2) is 11.3. The average molecular weight is 577 g/mol. The molecule has 0 amide bonds. The van der Waals surface area contributed by atoms with Crippen molar-refractivity contribution in [2.45, 2.75) is 98.4 Å². The number of nitrogens with zero attached hydrogens (tertiary/aromatic N) is 2. The maximum atomic E-state index is 13.3. The molecule has 0 bridgehead atoms. The van der Waals surface area contributed by atoms with Crippen LogP contribution in [0, 0.1) is 0 Å². The van der Waals surface area contributed by atoms with Crippen LogP contribution in [0.5, 0.6) is 0 Å². The molecule has 2 aliphatic heterocycles. The molecule has 1 aliphatic carbocycles. The number of hydrogen-bond donors (Lipinski definition) is 7. The lowest BCUT2D eigenvalue weighted by molar-refractivity contribution is -0.338. The fraction of sp³-hybridized carbons (Fsp3) is 0.739. The molecule has 5 rings (SSSR count). The molecule has 2 saturated heterocycles. The van der Waals surface area contributed by atoms with Gasteiger partial charge < -0.3 is 50.0 Å². The number of aromatic nitrogens is 2. The van der Waals surface area contributed by atoms with Gasteiger partial charge in [0.25, 0.3) is 5.56 Å². The van der Waals surface area contributed by atoms with Gasteiger partial charge in [-0.2, -0.15) is 0 Å². The standard InChI is InChI=1S/C23H32N2O11S2/c1-2-25-20(33)12-8-4-3-5-11(8)37-19(12)24-23(25)38-22-17(32)15(30)18(10(7-27)35-22)36-21-16(31)14(29)13(28)9(6-26)34-21/h9-10,13-18,21-22,26-32H,2-7H2,1H3/t9-,10-,13+,14+,15-,16-,17-,18-,21+,22-/m0/s1. The zero-order valence-corrected chi connectivity index (χ0v) is 22.1. The fourth-order valence-electron chi connectivity index (χ4n) is 5.18. The molecule has 212 valence electrons. The molecule has 7 N–H and O–H groups in total. The first-order valence-electron chi connectivity index (χ1n) is 12.5. The van der Waals surface area contributed by atoms with Crippen LogP contribution in [0.1, 0.15) is 23.8 Å². The van der Waals surface area contributed by atoms with Crippen LogP contribution in [0.3, 0.4) is 0 Å². The van der Waals surface area contributed by atoms with Crippen LogP contribution in [-0.2, 0) is 33.6 Å². The Hall–Kier alpha value is -1.21. The number of ether oxygens (including phenoxy) is 3. The van der Waals surface area contributed by atoms with E-state index >= 15 is 0 Å². The molecule has 0 aromatic carbocycles. The van der Waals surface area contributed by atoms with Gasteiger partial charge >= 0.3 is 0 Å². The van der Waals surface area contributed by atoms with E-state index in [1.165, 1.54) is 15.9 Å². The fourth-order valence-corrected chi connectivity index (χ4v) is 7.68. The van der Waals surface area contributed by atoms with Crippen molar-refractivity contribution in [2.24, 2.45) is 0 Å². The van der Waals surface area contributed by atoms with Crippen molar-refractivity contribution in [3.8, 4) is 0 Å². The molecule has 13 nitrogen and oxygen atoms in total. The molecule has 15 heteroatoms. The molecule has 0 saturated carbocycles. The summed E-state index contributed by atoms with van der Waals surface area (Å²) in [5, 5.41) is 72.4. The molecule has 0 radical (unpaired) electrons. The largest absolute Gasteiger partial charge is 0.394 e. The molecule has 4 heterocycles. The molecule has 38 heavy (non-hydrogen) atoms. The molecular formula is C23H32N2O11S2. The van der Waals surface area contributed by atoms with Crippen LogP contribution in [0.4, 0.5) is 0 Å². The summed E-state index contributed by atoms with van der Waals surface area (Å²) in [5.74, 6) is 0. The van der Waals surface area contributed by atoms with Crippen LogP contribution in [0.25, 0.3) is 10.2 Å². The summed E-state index contributed by atoms with van der Waals surface area (Å²) >= 11 is 2.42. The van der Waals surface area contributed by atoms with Crippen molar-refractivity contribution in [3.05, 3.63) is 20.8 Å². The third kappa shape index (κ3) is 4.82. The lowest BCUT2D eigenvalue weighted by Gasteiger charge is -2.45. The number of aryl methyl sites for hydroxylation is 2. The second-order valence-electron chi connectivity index (χ2n) is 9.60. The Morgan fingerprint density at radius 2 is 1.74 bits per heavy atom. The van der Waals surface area contributed by atoms with E-state index in [1.807, 2.05) is 0 Å². The Bertz CT molecular complexity index is 1200. The van der Waals surface area contributed by atoms with Crippen LogP contribution in [-0.4, -0.2) is 119 Å². The number of fused-ring (bicyclic) bond motifs is 3. The highest BCUT2D eigenvalue weighted by atomic mass is 32.2. The minimum absolute atomic E-state index is 0.173. The summed E-state index contributed by atoms with van der Waals surface area (Å²) in [5.41, 5.74) is -0.252. The van der Waals surface area contributed by atoms with Gasteiger partial charge in [-0.15, -0.1) is 11.3 Å². The number of thioether (sulfide) groups is 1. The van der Waals surface area contributed by atoms with Gasteiger partial charge in [-0.25, -0.2) is 4.98 Å². The van der Waals surface area contributed by atoms with Gasteiger partial charge in [-0.3, -0.25) is 9.36 Å². The first-order valence-corrected chi connectivity index (χ1v) is 14.2. The quantitative estimate of drug-likeness (QED) is 0.173. The van der Waals surface area contributed by atoms with E-state index in [9.17, 15) is 40.5 Å². The minimum Gasteiger partial charge on any atom is -0.394 e. The van der Waals surface area contributed by atoms with Gasteiger partial charge in [0.1, 0.15) is 59.1 Å². The van der Waals surface area contributed by atoms with Crippen molar-refractivity contribution in [3.63, 3.8) is 0 Å². The Labute approximate surface area is 225 Å². The lowest BCUT2D eigenvalue weighted by Crippen LogP contribution is -2.64. The third-order valence-electron chi connectivity index (χ3n) is 7.29. The summed E-state index contributed by atoms with van der Waals surface area (Å²) in [4.78, 5) is 19.8. The van der Waals surface area contributed by atoms with Crippen LogP contribution < -0.4 is 5.56 Å². The highest BCUT2D eigenvalue weighted by Gasteiger charge is 2.50. The monoisotopic (exact) mass is 576 g/mol. The van der Waals surface area contributed by atoms with E-state index in [4.69, 9.17) is 14.2 Å². The minimum atomic E-state index is -1.74. The summed E-state index contributed by atoms with van der Waals surface area (Å²) in [6.45, 7) is 0.808. The van der Waals surface area contributed by atoms with Gasteiger partial charge in [0.2, 0.25) is 0 Å². The van der Waals surface area contributed by atoms with E-state index in [-0.39, 0.29) is 5.56 Å². The normalized spacial score (nSPS) is 37.6. The van der Waals surface area contributed by atoms with Crippen molar-refractivity contribution >= 4 is 33.3 Å². The van der Waals surface area contributed by atoms with Gasteiger partial charge in [0.05, 0.1) is 18.6 Å². The summed E-state index contributed by atoms with van der Waals surface area (Å²) < 4.78 is 18.3. The first-order chi connectivity index (χ1) is 18.2. The van der Waals surface area contributed by atoms with Crippen LogP contribution in [0.2, 0.25) is 0 Å². The Morgan fingerprint density at radius 1 is 1.00 bits per heavy atom. The predicted octanol–water partition coefficient (Wildman–Crippen LogP) is -2.32. The lowest BCUT2D eigenvalue weighted by atomic mass is 9.97. The van der Waals surface area contributed by atoms with Crippen molar-refractivity contribution in [1.29, 1.82) is 0 Å². The SMILES string of the molecule is CCn1c(S[C@@H]2O[C@@H](CO)[C@H](O[C@H]3O[C@@H](CO)[C@@H](O)[C@@H](O)[C@@H]3O)[C@@H](O)[C@@H]2O)nc2sc3c(c2c1=O)CCC3. The molecule has 2 aromatic rings. The maximum absolute atomic E-state index is 13.3. The Kier molecular flexibility index (Phi) is 8.46. The van der Waals surface area contributed by atoms with E-state index in [1.54, 1.807) is 6.92 Å². The van der Waals surface area contributed by atoms with E-state index < -0.39 is 73.8 Å². The molecule has 10 atom stereocenters. The highest BCUT2D eigenvalue weighted by Crippen LogP contribution is 2.38. The summed E-state index contributed by atoms with van der Waals surface area (Å²) in [6.07, 6.45) is -11.0. The maximum Gasteiger partial charge on any atom is 0.263 e. The van der Waals surface area contributed by atoms with Crippen molar-refractivity contribution in [2.75, 3.05) is 13.2 Å². The molecular weight excluding hydrogens is 544 g/mol. The molecule has 0 spiro atoms.